The first-order valence-electron chi connectivity index (χ1n) is 8.70. The quantitative estimate of drug-likeness (QED) is 0.495. The van der Waals surface area contributed by atoms with E-state index >= 15 is 0 Å². The lowest BCUT2D eigenvalue weighted by Crippen LogP contribution is -2.37. The summed E-state index contributed by atoms with van der Waals surface area (Å²) in [5.41, 5.74) is 1.94. The second-order valence-corrected chi connectivity index (χ2v) is 6.68. The van der Waals surface area contributed by atoms with Gasteiger partial charge in [-0.2, -0.15) is 0 Å². The number of rotatable bonds is 8. The van der Waals surface area contributed by atoms with E-state index in [1.54, 1.807) is 34.4 Å². The number of nitrogens with zero attached hydrogens (tertiary/aromatic N) is 1. The Morgan fingerprint density at radius 1 is 0.929 bits per heavy atom. The Morgan fingerprint density at radius 2 is 1.64 bits per heavy atom. The third-order valence-corrected chi connectivity index (χ3v) is 4.74. The molecule has 6 nitrogen and oxygen atoms in total. The van der Waals surface area contributed by atoms with Crippen molar-refractivity contribution in [3.8, 4) is 17.2 Å². The Hall–Kier alpha value is -2.31. The fraction of sp³-hybridized carbons (Fsp3) is 0.350. The first-order chi connectivity index (χ1) is 13.5. The highest BCUT2D eigenvalue weighted by Gasteiger charge is 2.15. The van der Waals surface area contributed by atoms with Crippen LogP contribution in [0.4, 0.5) is 0 Å². The molecule has 0 fully saturated rings. The molecule has 0 aromatic heterocycles. The molecule has 0 aliphatic heterocycles. The molecule has 0 aliphatic carbocycles. The van der Waals surface area contributed by atoms with Crippen LogP contribution < -0.4 is 24.8 Å². The first kappa shape index (κ1) is 22.0. The molecule has 0 heterocycles. The van der Waals surface area contributed by atoms with Gasteiger partial charge in [0.1, 0.15) is 0 Å². The Bertz CT molecular complexity index is 829. The normalized spacial score (nSPS) is 11.1. The number of hydrogen-bond acceptors (Lipinski definition) is 4. The Kier molecular flexibility index (Phi) is 8.54. The summed E-state index contributed by atoms with van der Waals surface area (Å²) in [5, 5.41) is 7.74. The van der Waals surface area contributed by atoms with E-state index in [1.165, 1.54) is 0 Å². The van der Waals surface area contributed by atoms with E-state index in [2.05, 4.69) is 15.6 Å². The standard InChI is InChI=1S/C20H25Cl2N3O3/c1-23-20(25-12-14-5-7-15(21)11-16(14)22)24-10-9-13-6-8-17(26-2)19(28-4)18(13)27-3/h5-8,11H,9-10,12H2,1-4H3,(H2,23,24,25). The van der Waals surface area contributed by atoms with Crippen LogP contribution in [-0.2, 0) is 13.0 Å². The van der Waals surface area contributed by atoms with Gasteiger partial charge in [-0.25, -0.2) is 0 Å². The van der Waals surface area contributed by atoms with Crippen LogP contribution in [0.1, 0.15) is 11.1 Å². The van der Waals surface area contributed by atoms with E-state index in [-0.39, 0.29) is 0 Å². The van der Waals surface area contributed by atoms with Crippen molar-refractivity contribution in [1.29, 1.82) is 0 Å². The van der Waals surface area contributed by atoms with Crippen LogP contribution in [0.25, 0.3) is 0 Å². The van der Waals surface area contributed by atoms with Gasteiger partial charge in [-0.05, 0) is 30.2 Å². The molecule has 2 rings (SSSR count). The summed E-state index contributed by atoms with van der Waals surface area (Å²) in [7, 11) is 6.53. The number of methoxy groups -OCH3 is 3. The number of hydrogen-bond donors (Lipinski definition) is 2. The molecule has 8 heteroatoms. The van der Waals surface area contributed by atoms with Crippen molar-refractivity contribution in [2.24, 2.45) is 4.99 Å². The van der Waals surface area contributed by atoms with E-state index in [9.17, 15) is 0 Å². The summed E-state index contributed by atoms with van der Waals surface area (Å²) >= 11 is 12.1. The lowest BCUT2D eigenvalue weighted by molar-refractivity contribution is 0.322. The third-order valence-electron chi connectivity index (χ3n) is 4.16. The lowest BCUT2D eigenvalue weighted by Gasteiger charge is -2.17. The predicted octanol–water partition coefficient (Wildman–Crippen LogP) is 3.93. The molecule has 0 atom stereocenters. The van der Waals surface area contributed by atoms with Gasteiger partial charge in [-0.3, -0.25) is 4.99 Å². The Morgan fingerprint density at radius 3 is 2.25 bits per heavy atom. The molecule has 2 N–H and O–H groups in total. The molecule has 2 aromatic carbocycles. The molecule has 152 valence electrons. The van der Waals surface area contributed by atoms with Crippen molar-refractivity contribution >= 4 is 29.2 Å². The zero-order valence-corrected chi connectivity index (χ0v) is 17.9. The molecule has 0 aliphatic rings. The van der Waals surface area contributed by atoms with Crippen LogP contribution >= 0.6 is 23.2 Å². The van der Waals surface area contributed by atoms with Crippen LogP contribution in [-0.4, -0.2) is 40.9 Å². The fourth-order valence-electron chi connectivity index (χ4n) is 2.74. The first-order valence-corrected chi connectivity index (χ1v) is 9.45. The fourth-order valence-corrected chi connectivity index (χ4v) is 3.22. The molecule has 28 heavy (non-hydrogen) atoms. The number of aliphatic imine (C=N–C) groups is 1. The maximum atomic E-state index is 6.21. The number of guanidine groups is 1. The molecule has 2 aromatic rings. The summed E-state index contributed by atoms with van der Waals surface area (Å²) in [6.45, 7) is 1.19. The SMILES string of the molecule is CN=C(NCCc1ccc(OC)c(OC)c1OC)NCc1ccc(Cl)cc1Cl. The highest BCUT2D eigenvalue weighted by atomic mass is 35.5. The monoisotopic (exact) mass is 425 g/mol. The molecule has 0 bridgehead atoms. The summed E-state index contributed by atoms with van der Waals surface area (Å²) in [5.74, 6) is 2.56. The van der Waals surface area contributed by atoms with Crippen LogP contribution in [0.2, 0.25) is 10.0 Å². The minimum Gasteiger partial charge on any atom is -0.493 e. The van der Waals surface area contributed by atoms with Crippen LogP contribution in [0, 0.1) is 0 Å². The number of benzene rings is 2. The Labute approximate surface area is 175 Å². The Balaban J connectivity index is 1.95. The minimum absolute atomic E-state index is 0.537. The molecule has 0 amide bonds. The summed E-state index contributed by atoms with van der Waals surface area (Å²) < 4.78 is 16.3. The van der Waals surface area contributed by atoms with Crippen LogP contribution in [0.15, 0.2) is 35.3 Å². The lowest BCUT2D eigenvalue weighted by atomic mass is 10.1. The van der Waals surface area contributed by atoms with Crippen molar-refractivity contribution in [2.45, 2.75) is 13.0 Å². The summed E-state index contributed by atoms with van der Waals surface area (Å²) in [4.78, 5) is 4.23. The van der Waals surface area contributed by atoms with Gasteiger partial charge in [0.2, 0.25) is 5.75 Å². The second-order valence-electron chi connectivity index (χ2n) is 5.83. The van der Waals surface area contributed by atoms with Gasteiger partial charge < -0.3 is 24.8 Å². The topological polar surface area (TPSA) is 64.1 Å². The van der Waals surface area contributed by atoms with E-state index in [0.29, 0.717) is 52.8 Å². The smallest absolute Gasteiger partial charge is 0.203 e. The van der Waals surface area contributed by atoms with Gasteiger partial charge in [0.05, 0.1) is 21.3 Å². The minimum atomic E-state index is 0.537. The van der Waals surface area contributed by atoms with Crippen molar-refractivity contribution in [2.75, 3.05) is 34.9 Å². The average Bonchev–Trinajstić information content (AvgIpc) is 2.70. The summed E-state index contributed by atoms with van der Waals surface area (Å²) in [6.07, 6.45) is 0.714. The molecule has 0 saturated heterocycles. The zero-order valence-electron chi connectivity index (χ0n) is 16.4. The van der Waals surface area contributed by atoms with Gasteiger partial charge in [-0.15, -0.1) is 0 Å². The maximum absolute atomic E-state index is 6.21. The van der Waals surface area contributed by atoms with Gasteiger partial charge in [-0.1, -0.05) is 35.3 Å². The van der Waals surface area contributed by atoms with Gasteiger partial charge in [0, 0.05) is 35.7 Å². The van der Waals surface area contributed by atoms with E-state index < -0.39 is 0 Å². The van der Waals surface area contributed by atoms with E-state index in [4.69, 9.17) is 37.4 Å². The zero-order chi connectivity index (χ0) is 20.5. The van der Waals surface area contributed by atoms with Crippen LogP contribution in [0.5, 0.6) is 17.2 Å². The summed E-state index contributed by atoms with van der Waals surface area (Å²) in [6, 6.07) is 9.25. The molecule has 0 radical (unpaired) electrons. The van der Waals surface area contributed by atoms with Crippen molar-refractivity contribution < 1.29 is 14.2 Å². The van der Waals surface area contributed by atoms with Gasteiger partial charge in [0.25, 0.3) is 0 Å². The highest BCUT2D eigenvalue weighted by molar-refractivity contribution is 6.35. The van der Waals surface area contributed by atoms with Crippen molar-refractivity contribution in [3.05, 3.63) is 51.5 Å². The third kappa shape index (κ3) is 5.59. The van der Waals surface area contributed by atoms with Gasteiger partial charge in [0.15, 0.2) is 17.5 Å². The highest BCUT2D eigenvalue weighted by Crippen LogP contribution is 2.39. The maximum Gasteiger partial charge on any atom is 0.203 e. The molecule has 0 spiro atoms. The average molecular weight is 426 g/mol. The number of nitrogens with one attached hydrogen (secondary N) is 2. The molecular formula is C20H25Cl2N3O3. The van der Waals surface area contributed by atoms with E-state index in [1.807, 2.05) is 24.3 Å². The molecule has 0 saturated carbocycles. The van der Waals surface area contributed by atoms with Crippen molar-refractivity contribution in [1.82, 2.24) is 10.6 Å². The second kappa shape index (κ2) is 10.9. The molecular weight excluding hydrogens is 401 g/mol. The van der Waals surface area contributed by atoms with Crippen molar-refractivity contribution in [3.63, 3.8) is 0 Å². The molecule has 0 unspecified atom stereocenters. The largest absolute Gasteiger partial charge is 0.493 e. The number of halogens is 2. The van der Waals surface area contributed by atoms with Gasteiger partial charge >= 0.3 is 0 Å². The number of ether oxygens (including phenoxy) is 3. The van der Waals surface area contributed by atoms with Crippen LogP contribution in [0.3, 0.4) is 0 Å². The van der Waals surface area contributed by atoms with E-state index in [0.717, 1.165) is 11.1 Å². The predicted molar refractivity (Wildman–Crippen MR) is 114 cm³/mol.